The molecular weight excluding hydrogens is 193 g/mol. The fraction of sp³-hybridized carbons (Fsp3) is 0.222. The van der Waals surface area contributed by atoms with Crippen molar-refractivity contribution in [3.05, 3.63) is 34.9 Å². The highest BCUT2D eigenvalue weighted by atomic mass is 19.4. The van der Waals surface area contributed by atoms with Crippen LogP contribution in [0.3, 0.4) is 0 Å². The first kappa shape index (κ1) is 10.5. The van der Waals surface area contributed by atoms with Crippen LogP contribution in [0.15, 0.2) is 18.2 Å². The van der Waals surface area contributed by atoms with Crippen LogP contribution in [0.2, 0.25) is 0 Å². The van der Waals surface area contributed by atoms with Gasteiger partial charge in [0.25, 0.3) is 0 Å². The van der Waals surface area contributed by atoms with Crippen LogP contribution >= 0.6 is 0 Å². The first-order valence-corrected chi connectivity index (χ1v) is 3.80. The first-order chi connectivity index (χ1) is 6.50. The van der Waals surface area contributed by atoms with Gasteiger partial charge in [-0.05, 0) is 11.6 Å². The molecule has 0 fully saturated rings. The molecule has 0 saturated heterocycles. The molecule has 2 N–H and O–H groups in total. The van der Waals surface area contributed by atoms with Crippen molar-refractivity contribution in [3.8, 4) is 6.07 Å². The molecule has 0 atom stereocenters. The molecule has 0 aromatic heterocycles. The van der Waals surface area contributed by atoms with E-state index in [4.69, 9.17) is 11.0 Å². The van der Waals surface area contributed by atoms with Crippen molar-refractivity contribution in [1.29, 1.82) is 5.26 Å². The van der Waals surface area contributed by atoms with Crippen LogP contribution in [0.5, 0.6) is 0 Å². The maximum atomic E-state index is 12.5. The second kappa shape index (κ2) is 3.68. The molecular formula is C9H7F3N2. The van der Waals surface area contributed by atoms with E-state index in [2.05, 4.69) is 0 Å². The smallest absolute Gasteiger partial charge is 0.326 e. The zero-order valence-electron chi connectivity index (χ0n) is 7.10. The van der Waals surface area contributed by atoms with Gasteiger partial charge in [-0.1, -0.05) is 12.1 Å². The molecule has 74 valence electrons. The van der Waals surface area contributed by atoms with Crippen molar-refractivity contribution < 1.29 is 13.2 Å². The molecule has 1 aromatic rings. The fourth-order valence-corrected chi connectivity index (χ4v) is 1.20. The summed E-state index contributed by atoms with van der Waals surface area (Å²) < 4.78 is 37.4. The van der Waals surface area contributed by atoms with Crippen LogP contribution in [-0.2, 0) is 12.7 Å². The Bertz CT molecular complexity index is 377. The predicted molar refractivity (Wildman–Crippen MR) is 44.1 cm³/mol. The van der Waals surface area contributed by atoms with E-state index in [1.807, 2.05) is 0 Å². The van der Waals surface area contributed by atoms with Gasteiger partial charge in [-0.2, -0.15) is 18.4 Å². The molecule has 0 bridgehead atoms. The number of nitriles is 1. The number of halogens is 3. The maximum absolute atomic E-state index is 12.5. The standard InChI is InChI=1S/C9H7F3N2/c10-9(11,12)8-6(4-13)2-1-3-7(8)5-14/h1-3H,4,13H2. The summed E-state index contributed by atoms with van der Waals surface area (Å²) in [5.41, 5.74) is 3.79. The lowest BCUT2D eigenvalue weighted by Gasteiger charge is -2.12. The Hall–Kier alpha value is -1.54. The Labute approximate surface area is 78.8 Å². The molecule has 5 heteroatoms. The van der Waals surface area contributed by atoms with Crippen molar-refractivity contribution in [1.82, 2.24) is 0 Å². The Morgan fingerprint density at radius 2 is 2.00 bits per heavy atom. The van der Waals surface area contributed by atoms with Gasteiger partial charge >= 0.3 is 6.18 Å². The summed E-state index contributed by atoms with van der Waals surface area (Å²) in [6.45, 7) is -0.232. The van der Waals surface area contributed by atoms with Crippen molar-refractivity contribution in [3.63, 3.8) is 0 Å². The van der Waals surface area contributed by atoms with E-state index in [1.165, 1.54) is 18.2 Å². The fourth-order valence-electron chi connectivity index (χ4n) is 1.20. The Balaban J connectivity index is 3.44. The molecule has 0 heterocycles. The van der Waals surface area contributed by atoms with E-state index in [1.54, 1.807) is 0 Å². The number of nitrogens with zero attached hydrogens (tertiary/aromatic N) is 1. The molecule has 1 aromatic carbocycles. The molecule has 0 saturated carbocycles. The third-order valence-corrected chi connectivity index (χ3v) is 1.77. The lowest BCUT2D eigenvalue weighted by atomic mass is 10.0. The molecule has 1 rings (SSSR count). The van der Waals surface area contributed by atoms with Crippen LogP contribution < -0.4 is 5.73 Å². The number of rotatable bonds is 1. The van der Waals surface area contributed by atoms with E-state index >= 15 is 0 Å². The number of hydrogen-bond acceptors (Lipinski definition) is 2. The minimum absolute atomic E-state index is 0.0587. The number of hydrogen-bond donors (Lipinski definition) is 1. The van der Waals surface area contributed by atoms with Crippen LogP contribution in [-0.4, -0.2) is 0 Å². The molecule has 0 aliphatic heterocycles. The van der Waals surface area contributed by atoms with Gasteiger partial charge in [0.1, 0.15) is 0 Å². The lowest BCUT2D eigenvalue weighted by Crippen LogP contribution is -2.14. The number of alkyl halides is 3. The molecule has 0 aliphatic rings. The number of benzene rings is 1. The van der Waals surface area contributed by atoms with Gasteiger partial charge in [0.2, 0.25) is 0 Å². The second-order valence-electron chi connectivity index (χ2n) is 2.65. The van der Waals surface area contributed by atoms with Crippen LogP contribution in [0.1, 0.15) is 16.7 Å². The van der Waals surface area contributed by atoms with Crippen molar-refractivity contribution in [2.24, 2.45) is 5.73 Å². The van der Waals surface area contributed by atoms with Crippen molar-refractivity contribution >= 4 is 0 Å². The average molecular weight is 200 g/mol. The largest absolute Gasteiger partial charge is 0.417 e. The third-order valence-electron chi connectivity index (χ3n) is 1.77. The summed E-state index contributed by atoms with van der Waals surface area (Å²) in [5.74, 6) is 0. The van der Waals surface area contributed by atoms with Crippen LogP contribution in [0.4, 0.5) is 13.2 Å². The lowest BCUT2D eigenvalue weighted by molar-refractivity contribution is -0.138. The number of nitrogens with two attached hydrogens (primary N) is 1. The van der Waals surface area contributed by atoms with Gasteiger partial charge in [-0.25, -0.2) is 0 Å². The Kier molecular flexibility index (Phi) is 2.77. The van der Waals surface area contributed by atoms with Gasteiger partial charge in [-0.15, -0.1) is 0 Å². The molecule has 14 heavy (non-hydrogen) atoms. The maximum Gasteiger partial charge on any atom is 0.417 e. The molecule has 0 radical (unpaired) electrons. The molecule has 0 aliphatic carbocycles. The first-order valence-electron chi connectivity index (χ1n) is 3.80. The quantitative estimate of drug-likeness (QED) is 0.754. The summed E-state index contributed by atoms with van der Waals surface area (Å²) in [6.07, 6.45) is -4.53. The average Bonchev–Trinajstić information content (AvgIpc) is 2.15. The Morgan fingerprint density at radius 3 is 2.43 bits per heavy atom. The minimum atomic E-state index is -4.53. The normalized spacial score (nSPS) is 11.1. The van der Waals surface area contributed by atoms with Gasteiger partial charge in [-0.3, -0.25) is 0 Å². The molecule has 0 spiro atoms. The summed E-state index contributed by atoms with van der Waals surface area (Å²) in [6, 6.07) is 5.28. The van der Waals surface area contributed by atoms with E-state index in [0.29, 0.717) is 0 Å². The van der Waals surface area contributed by atoms with Crippen LogP contribution in [0, 0.1) is 11.3 Å². The Morgan fingerprint density at radius 1 is 1.36 bits per heavy atom. The SMILES string of the molecule is N#Cc1cccc(CN)c1C(F)(F)F. The van der Waals surface area contributed by atoms with Crippen molar-refractivity contribution in [2.75, 3.05) is 0 Å². The summed E-state index contributed by atoms with van der Waals surface area (Å²) in [5, 5.41) is 8.51. The third kappa shape index (κ3) is 1.86. The minimum Gasteiger partial charge on any atom is -0.326 e. The second-order valence-corrected chi connectivity index (χ2v) is 2.65. The highest BCUT2D eigenvalue weighted by molar-refractivity contribution is 5.44. The summed E-state index contributed by atoms with van der Waals surface area (Å²) >= 11 is 0. The summed E-state index contributed by atoms with van der Waals surface area (Å²) in [7, 11) is 0. The zero-order chi connectivity index (χ0) is 10.8. The van der Waals surface area contributed by atoms with Crippen LogP contribution in [0.25, 0.3) is 0 Å². The van der Waals surface area contributed by atoms with Gasteiger partial charge in [0, 0.05) is 6.54 Å². The van der Waals surface area contributed by atoms with E-state index in [9.17, 15) is 13.2 Å². The molecule has 0 unspecified atom stereocenters. The molecule has 2 nitrogen and oxygen atoms in total. The highest BCUT2D eigenvalue weighted by Crippen LogP contribution is 2.34. The van der Waals surface area contributed by atoms with Crippen molar-refractivity contribution in [2.45, 2.75) is 12.7 Å². The van der Waals surface area contributed by atoms with E-state index in [0.717, 1.165) is 6.07 Å². The highest BCUT2D eigenvalue weighted by Gasteiger charge is 2.35. The molecule has 0 amide bonds. The van der Waals surface area contributed by atoms with E-state index in [-0.39, 0.29) is 17.7 Å². The monoisotopic (exact) mass is 200 g/mol. The van der Waals surface area contributed by atoms with E-state index < -0.39 is 11.7 Å². The van der Waals surface area contributed by atoms with Gasteiger partial charge in [0.05, 0.1) is 17.2 Å². The van der Waals surface area contributed by atoms with Gasteiger partial charge in [0.15, 0.2) is 0 Å². The van der Waals surface area contributed by atoms with Gasteiger partial charge < -0.3 is 5.73 Å². The predicted octanol–water partition coefficient (Wildman–Crippen LogP) is 2.04. The topological polar surface area (TPSA) is 49.8 Å². The zero-order valence-corrected chi connectivity index (χ0v) is 7.10. The summed E-state index contributed by atoms with van der Waals surface area (Å²) in [4.78, 5) is 0.